The van der Waals surface area contributed by atoms with Gasteiger partial charge in [0.15, 0.2) is 11.5 Å². The molecule has 0 aromatic heterocycles. The van der Waals surface area contributed by atoms with Crippen LogP contribution in [0.5, 0.6) is 0 Å². The van der Waals surface area contributed by atoms with E-state index in [4.69, 9.17) is 14.2 Å². The molecule has 0 bridgehead atoms. The van der Waals surface area contributed by atoms with Gasteiger partial charge in [-0.2, -0.15) is 0 Å². The summed E-state index contributed by atoms with van der Waals surface area (Å²) in [5.74, 6) is 0.0880. The minimum atomic E-state index is -0.168. The van der Waals surface area contributed by atoms with Gasteiger partial charge < -0.3 is 14.2 Å². The quantitative estimate of drug-likeness (QED) is 0.251. The first-order valence-corrected chi connectivity index (χ1v) is 7.41. The molecule has 0 aromatic rings. The average molecular weight is 320 g/mol. The van der Waals surface area contributed by atoms with E-state index in [9.17, 15) is 4.79 Å². The summed E-state index contributed by atoms with van der Waals surface area (Å²) < 4.78 is 15.7. The zero-order valence-electron chi connectivity index (χ0n) is 14.9. The first-order valence-electron chi connectivity index (χ1n) is 7.41. The lowest BCUT2D eigenvalue weighted by Gasteiger charge is -2.15. The van der Waals surface area contributed by atoms with Crippen molar-refractivity contribution in [2.24, 2.45) is 0 Å². The summed E-state index contributed by atoms with van der Waals surface area (Å²) in [6.45, 7) is 14.6. The molecular formula is C19H28O4. The fourth-order valence-electron chi connectivity index (χ4n) is 1.83. The molecule has 0 atom stereocenters. The summed E-state index contributed by atoms with van der Waals surface area (Å²) in [5.41, 5.74) is 3.24. The van der Waals surface area contributed by atoms with Crippen molar-refractivity contribution in [3.63, 3.8) is 0 Å². The Kier molecular flexibility index (Phi) is 10.7. The lowest BCUT2D eigenvalue weighted by Crippen LogP contribution is -2.09. The smallest absolute Gasteiger partial charge is 0.194 e. The predicted octanol–water partition coefficient (Wildman–Crippen LogP) is 3.77. The zero-order chi connectivity index (χ0) is 17.8. The molecule has 0 unspecified atom stereocenters. The van der Waals surface area contributed by atoms with E-state index in [1.165, 1.54) is 14.0 Å². The maximum atomic E-state index is 11.8. The summed E-state index contributed by atoms with van der Waals surface area (Å²) in [7, 11) is 3.09. The monoisotopic (exact) mass is 320 g/mol. The van der Waals surface area contributed by atoms with Gasteiger partial charge in [-0.25, -0.2) is 0 Å². The molecule has 0 heterocycles. The number of carbonyl (C=O) groups is 1. The number of ether oxygens (including phenoxy) is 3. The number of ketones is 1. The Balaban J connectivity index is 5.65. The van der Waals surface area contributed by atoms with Gasteiger partial charge in [0.1, 0.15) is 0 Å². The largest absolute Gasteiger partial charge is 0.492 e. The highest BCUT2D eigenvalue weighted by Crippen LogP contribution is 2.24. The Morgan fingerprint density at radius 1 is 1.09 bits per heavy atom. The van der Waals surface area contributed by atoms with Gasteiger partial charge in [-0.05, 0) is 25.0 Å². The fourth-order valence-corrected chi connectivity index (χ4v) is 1.83. The van der Waals surface area contributed by atoms with Crippen molar-refractivity contribution in [3.05, 3.63) is 59.4 Å². The van der Waals surface area contributed by atoms with Crippen molar-refractivity contribution >= 4 is 5.78 Å². The molecule has 0 aliphatic rings. The zero-order valence-corrected chi connectivity index (χ0v) is 14.9. The van der Waals surface area contributed by atoms with Gasteiger partial charge >= 0.3 is 0 Å². The van der Waals surface area contributed by atoms with Crippen LogP contribution in [0, 0.1) is 0 Å². The third-order valence-corrected chi connectivity index (χ3v) is 2.94. The third kappa shape index (κ3) is 7.77. The van der Waals surface area contributed by atoms with Crippen molar-refractivity contribution in [3.8, 4) is 0 Å². The first kappa shape index (κ1) is 21.1. The summed E-state index contributed by atoms with van der Waals surface area (Å²) in [4.78, 5) is 11.8. The standard InChI is InChI=1S/C19H28O4/c1-8-17(19(22-7)16(5)20)18(10-9-14(2)3)15(4)13-23-12-11-21-6/h8-10H,1,4,11-13H2,2-3,5-7H3/b18-10+,19-17-. The van der Waals surface area contributed by atoms with E-state index in [1.807, 2.05) is 26.0 Å². The summed E-state index contributed by atoms with van der Waals surface area (Å²) in [6, 6.07) is 0. The van der Waals surface area contributed by atoms with Gasteiger partial charge in [0.05, 0.1) is 26.9 Å². The van der Waals surface area contributed by atoms with E-state index in [0.29, 0.717) is 25.4 Å². The van der Waals surface area contributed by atoms with E-state index in [-0.39, 0.29) is 11.5 Å². The number of hydrogen-bond acceptors (Lipinski definition) is 4. The summed E-state index contributed by atoms with van der Waals surface area (Å²) >= 11 is 0. The molecule has 128 valence electrons. The fraction of sp³-hybridized carbons (Fsp3) is 0.421. The molecule has 0 aromatic carbocycles. The maximum absolute atomic E-state index is 11.8. The molecule has 0 radical (unpaired) electrons. The van der Waals surface area contributed by atoms with Gasteiger partial charge in [0, 0.05) is 19.6 Å². The summed E-state index contributed by atoms with van der Waals surface area (Å²) in [5, 5.41) is 0. The minimum Gasteiger partial charge on any atom is -0.492 e. The molecule has 4 heteroatoms. The topological polar surface area (TPSA) is 44.8 Å². The Morgan fingerprint density at radius 3 is 2.17 bits per heavy atom. The van der Waals surface area contributed by atoms with Gasteiger partial charge in [-0.3, -0.25) is 4.79 Å². The van der Waals surface area contributed by atoms with Crippen LogP contribution in [0.2, 0.25) is 0 Å². The third-order valence-electron chi connectivity index (χ3n) is 2.94. The Hall–Kier alpha value is -1.91. The van der Waals surface area contributed by atoms with Crippen molar-refractivity contribution in [2.75, 3.05) is 34.0 Å². The molecule has 0 fully saturated rings. The van der Waals surface area contributed by atoms with E-state index in [2.05, 4.69) is 13.2 Å². The van der Waals surface area contributed by atoms with Crippen molar-refractivity contribution in [2.45, 2.75) is 20.8 Å². The van der Waals surface area contributed by atoms with E-state index in [1.54, 1.807) is 13.2 Å². The molecule has 4 nitrogen and oxygen atoms in total. The van der Waals surface area contributed by atoms with Crippen LogP contribution in [-0.4, -0.2) is 39.8 Å². The number of rotatable bonds is 11. The minimum absolute atomic E-state index is 0.168. The van der Waals surface area contributed by atoms with Crippen LogP contribution >= 0.6 is 0 Å². The lowest BCUT2D eigenvalue weighted by atomic mass is 9.96. The van der Waals surface area contributed by atoms with E-state index in [0.717, 1.165) is 16.7 Å². The Labute approximate surface area is 139 Å². The highest BCUT2D eigenvalue weighted by molar-refractivity contribution is 5.93. The van der Waals surface area contributed by atoms with Crippen LogP contribution in [0.1, 0.15) is 20.8 Å². The first-order chi connectivity index (χ1) is 10.9. The second-order valence-corrected chi connectivity index (χ2v) is 5.18. The highest BCUT2D eigenvalue weighted by Gasteiger charge is 2.16. The molecule has 0 amide bonds. The number of carbonyl (C=O) groups excluding carboxylic acids is 1. The van der Waals surface area contributed by atoms with Crippen LogP contribution in [0.4, 0.5) is 0 Å². The van der Waals surface area contributed by atoms with Gasteiger partial charge in [-0.15, -0.1) is 0 Å². The molecule has 0 saturated heterocycles. The number of Topliss-reactive ketones (excluding diaryl/α,β-unsaturated/α-hetero) is 1. The molecule has 0 saturated carbocycles. The average Bonchev–Trinajstić information content (AvgIpc) is 2.49. The van der Waals surface area contributed by atoms with Crippen LogP contribution in [0.3, 0.4) is 0 Å². The van der Waals surface area contributed by atoms with E-state index >= 15 is 0 Å². The van der Waals surface area contributed by atoms with Gasteiger partial charge in [0.25, 0.3) is 0 Å². The molecule has 0 N–H and O–H groups in total. The predicted molar refractivity (Wildman–Crippen MR) is 94.3 cm³/mol. The van der Waals surface area contributed by atoms with Crippen molar-refractivity contribution in [1.29, 1.82) is 0 Å². The van der Waals surface area contributed by atoms with Gasteiger partial charge in [-0.1, -0.05) is 37.0 Å². The Bertz CT molecular complexity index is 517. The van der Waals surface area contributed by atoms with Crippen molar-refractivity contribution < 1.29 is 19.0 Å². The van der Waals surface area contributed by atoms with Crippen LogP contribution in [0.25, 0.3) is 0 Å². The number of allylic oxidation sites excluding steroid dienone is 6. The molecule has 23 heavy (non-hydrogen) atoms. The second-order valence-electron chi connectivity index (χ2n) is 5.18. The second kappa shape index (κ2) is 11.6. The molecule has 0 aliphatic heterocycles. The molecular weight excluding hydrogens is 292 g/mol. The SMILES string of the molecule is C=CC(=C(/OC)C(C)=O)/C(=C/C=C(C)C)C(=C)COCCOC. The Morgan fingerprint density at radius 2 is 1.74 bits per heavy atom. The van der Waals surface area contributed by atoms with E-state index < -0.39 is 0 Å². The normalized spacial score (nSPS) is 12.3. The molecule has 0 spiro atoms. The van der Waals surface area contributed by atoms with Crippen LogP contribution < -0.4 is 0 Å². The highest BCUT2D eigenvalue weighted by atomic mass is 16.5. The van der Waals surface area contributed by atoms with Crippen LogP contribution in [0.15, 0.2) is 59.4 Å². The van der Waals surface area contributed by atoms with Crippen molar-refractivity contribution in [1.82, 2.24) is 0 Å². The number of hydrogen-bond donors (Lipinski definition) is 0. The number of methoxy groups -OCH3 is 2. The lowest BCUT2D eigenvalue weighted by molar-refractivity contribution is -0.116. The maximum Gasteiger partial charge on any atom is 0.194 e. The van der Waals surface area contributed by atoms with Gasteiger partial charge in [0.2, 0.25) is 0 Å². The molecule has 0 aliphatic carbocycles. The van der Waals surface area contributed by atoms with Crippen LogP contribution in [-0.2, 0) is 19.0 Å². The summed E-state index contributed by atoms with van der Waals surface area (Å²) in [6.07, 6.45) is 5.45. The molecule has 0 rings (SSSR count).